The van der Waals surface area contributed by atoms with E-state index in [0.29, 0.717) is 11.0 Å². The molecule has 0 spiro atoms. The Morgan fingerprint density at radius 2 is 2.12 bits per heavy atom. The maximum absolute atomic E-state index is 11.1. The average Bonchev–Trinajstić information content (AvgIpc) is 2.73. The molecule has 0 atom stereocenters. The number of rotatable bonds is 4. The fourth-order valence-electron chi connectivity index (χ4n) is 1.38. The Hall–Kier alpha value is -1.39. The molecule has 1 N–H and O–H groups in total. The van der Waals surface area contributed by atoms with Crippen molar-refractivity contribution in [3.63, 3.8) is 0 Å². The summed E-state index contributed by atoms with van der Waals surface area (Å²) in [6.07, 6.45) is 1.75. The van der Waals surface area contributed by atoms with Crippen LogP contribution in [0.2, 0.25) is 4.47 Å². The first kappa shape index (κ1) is 12.1. The maximum atomic E-state index is 11.1. The SMILES string of the molecule is CC(=O)c1ccc(NCc2cnc(Cl)s2)cc1. The van der Waals surface area contributed by atoms with Crippen molar-refractivity contribution in [3.05, 3.63) is 45.4 Å². The molecule has 0 unspecified atom stereocenters. The fraction of sp³-hybridized carbons (Fsp3) is 0.167. The zero-order valence-corrected chi connectivity index (χ0v) is 10.8. The number of anilines is 1. The summed E-state index contributed by atoms with van der Waals surface area (Å²) in [6.45, 7) is 2.24. The summed E-state index contributed by atoms with van der Waals surface area (Å²) in [6, 6.07) is 7.40. The number of Topliss-reactive ketones (excluding diaryl/α,β-unsaturated/α-hetero) is 1. The summed E-state index contributed by atoms with van der Waals surface area (Å²) in [5.74, 6) is 0.0748. The Kier molecular flexibility index (Phi) is 3.76. The number of thiazole rings is 1. The van der Waals surface area contributed by atoms with Gasteiger partial charge in [0.2, 0.25) is 0 Å². The van der Waals surface area contributed by atoms with Crippen LogP contribution in [-0.2, 0) is 6.54 Å². The van der Waals surface area contributed by atoms with Crippen LogP contribution in [0.15, 0.2) is 30.5 Å². The van der Waals surface area contributed by atoms with Gasteiger partial charge in [0.1, 0.15) is 0 Å². The van der Waals surface area contributed by atoms with Crippen molar-refractivity contribution in [1.82, 2.24) is 4.98 Å². The second-order valence-electron chi connectivity index (χ2n) is 3.57. The number of nitrogens with one attached hydrogen (secondary N) is 1. The van der Waals surface area contributed by atoms with Crippen LogP contribution in [0.1, 0.15) is 22.2 Å². The van der Waals surface area contributed by atoms with Gasteiger partial charge in [0.15, 0.2) is 10.3 Å². The molecule has 17 heavy (non-hydrogen) atoms. The van der Waals surface area contributed by atoms with Crippen molar-refractivity contribution in [3.8, 4) is 0 Å². The minimum absolute atomic E-state index is 0.0748. The summed E-state index contributed by atoms with van der Waals surface area (Å²) < 4.78 is 0.550. The molecule has 1 aromatic carbocycles. The minimum Gasteiger partial charge on any atom is -0.380 e. The molecule has 2 rings (SSSR count). The van der Waals surface area contributed by atoms with E-state index in [1.165, 1.54) is 11.3 Å². The molecule has 0 bridgehead atoms. The van der Waals surface area contributed by atoms with Gasteiger partial charge in [-0.3, -0.25) is 4.79 Å². The summed E-state index contributed by atoms with van der Waals surface area (Å²) in [5, 5.41) is 3.24. The van der Waals surface area contributed by atoms with Gasteiger partial charge in [0, 0.05) is 22.3 Å². The fourth-order valence-corrected chi connectivity index (χ4v) is 2.29. The van der Waals surface area contributed by atoms with E-state index in [4.69, 9.17) is 11.6 Å². The van der Waals surface area contributed by atoms with Crippen LogP contribution in [-0.4, -0.2) is 10.8 Å². The molecule has 0 amide bonds. The number of benzene rings is 1. The average molecular weight is 267 g/mol. The van der Waals surface area contributed by atoms with E-state index in [1.807, 2.05) is 24.3 Å². The minimum atomic E-state index is 0.0748. The van der Waals surface area contributed by atoms with Crippen LogP contribution >= 0.6 is 22.9 Å². The molecular formula is C12H11ClN2OS. The predicted octanol–water partition coefficient (Wildman–Crippen LogP) is 3.61. The first-order chi connectivity index (χ1) is 8.15. The number of hydrogen-bond donors (Lipinski definition) is 1. The lowest BCUT2D eigenvalue weighted by molar-refractivity contribution is 0.101. The van der Waals surface area contributed by atoms with Crippen LogP contribution in [0, 0.1) is 0 Å². The molecule has 5 heteroatoms. The number of ketones is 1. The lowest BCUT2D eigenvalue weighted by Crippen LogP contribution is -1.98. The van der Waals surface area contributed by atoms with E-state index in [0.717, 1.165) is 16.1 Å². The smallest absolute Gasteiger partial charge is 0.183 e. The normalized spacial score (nSPS) is 10.2. The quantitative estimate of drug-likeness (QED) is 0.860. The third-order valence-electron chi connectivity index (χ3n) is 2.28. The zero-order valence-electron chi connectivity index (χ0n) is 9.24. The maximum Gasteiger partial charge on any atom is 0.183 e. The Balaban J connectivity index is 1.97. The monoisotopic (exact) mass is 266 g/mol. The van der Waals surface area contributed by atoms with Gasteiger partial charge in [-0.1, -0.05) is 11.6 Å². The van der Waals surface area contributed by atoms with Crippen LogP contribution in [0.4, 0.5) is 5.69 Å². The van der Waals surface area contributed by atoms with Crippen LogP contribution < -0.4 is 5.32 Å². The molecule has 0 aliphatic carbocycles. The van der Waals surface area contributed by atoms with E-state index in [2.05, 4.69) is 10.3 Å². The van der Waals surface area contributed by atoms with Gasteiger partial charge in [-0.05, 0) is 31.2 Å². The van der Waals surface area contributed by atoms with Gasteiger partial charge in [-0.2, -0.15) is 0 Å². The molecule has 0 saturated carbocycles. The molecule has 2 aromatic rings. The van der Waals surface area contributed by atoms with Crippen molar-refractivity contribution >= 4 is 34.4 Å². The Labute approximate surface area is 108 Å². The number of hydrogen-bond acceptors (Lipinski definition) is 4. The van der Waals surface area contributed by atoms with Crippen molar-refractivity contribution < 1.29 is 4.79 Å². The summed E-state index contributed by atoms with van der Waals surface area (Å²) in [7, 11) is 0. The lowest BCUT2D eigenvalue weighted by atomic mass is 10.1. The molecule has 1 heterocycles. The molecular weight excluding hydrogens is 256 g/mol. The van der Waals surface area contributed by atoms with Gasteiger partial charge in [0.25, 0.3) is 0 Å². The number of carbonyl (C=O) groups excluding carboxylic acids is 1. The highest BCUT2D eigenvalue weighted by molar-refractivity contribution is 7.15. The molecule has 0 radical (unpaired) electrons. The third kappa shape index (κ3) is 3.28. The van der Waals surface area contributed by atoms with Crippen molar-refractivity contribution in [2.24, 2.45) is 0 Å². The Morgan fingerprint density at radius 3 is 2.65 bits per heavy atom. The Bertz CT molecular complexity index is 522. The molecule has 88 valence electrons. The van der Waals surface area contributed by atoms with Gasteiger partial charge in [-0.15, -0.1) is 11.3 Å². The standard InChI is InChI=1S/C12H11ClN2OS/c1-8(16)9-2-4-10(5-3-9)14-6-11-7-15-12(13)17-11/h2-5,7,14H,6H2,1H3. The summed E-state index contributed by atoms with van der Waals surface area (Å²) in [4.78, 5) is 16.1. The van der Waals surface area contributed by atoms with Gasteiger partial charge in [-0.25, -0.2) is 4.98 Å². The number of halogens is 1. The molecule has 0 fully saturated rings. The number of aromatic nitrogens is 1. The highest BCUT2D eigenvalue weighted by atomic mass is 35.5. The van der Waals surface area contributed by atoms with E-state index < -0.39 is 0 Å². The van der Waals surface area contributed by atoms with Gasteiger partial charge < -0.3 is 5.32 Å². The van der Waals surface area contributed by atoms with E-state index >= 15 is 0 Å². The van der Waals surface area contributed by atoms with E-state index in [1.54, 1.807) is 13.1 Å². The molecule has 0 aliphatic rings. The van der Waals surface area contributed by atoms with Crippen LogP contribution in [0.5, 0.6) is 0 Å². The number of nitrogens with zero attached hydrogens (tertiary/aromatic N) is 1. The first-order valence-corrected chi connectivity index (χ1v) is 6.29. The molecule has 3 nitrogen and oxygen atoms in total. The lowest BCUT2D eigenvalue weighted by Gasteiger charge is -2.04. The highest BCUT2D eigenvalue weighted by Gasteiger charge is 2.01. The number of carbonyl (C=O) groups is 1. The molecule has 1 aromatic heterocycles. The van der Waals surface area contributed by atoms with Crippen molar-refractivity contribution in [2.75, 3.05) is 5.32 Å². The van der Waals surface area contributed by atoms with Crippen molar-refractivity contribution in [2.45, 2.75) is 13.5 Å². The van der Waals surface area contributed by atoms with E-state index in [9.17, 15) is 4.79 Å². The highest BCUT2D eigenvalue weighted by Crippen LogP contribution is 2.19. The third-order valence-corrected chi connectivity index (χ3v) is 3.40. The topological polar surface area (TPSA) is 42.0 Å². The molecule has 0 aliphatic heterocycles. The molecule has 0 saturated heterocycles. The van der Waals surface area contributed by atoms with E-state index in [-0.39, 0.29) is 5.78 Å². The zero-order chi connectivity index (χ0) is 12.3. The largest absolute Gasteiger partial charge is 0.380 e. The predicted molar refractivity (Wildman–Crippen MR) is 70.9 cm³/mol. The second-order valence-corrected chi connectivity index (χ2v) is 5.26. The second kappa shape index (κ2) is 5.29. The van der Waals surface area contributed by atoms with Crippen molar-refractivity contribution in [1.29, 1.82) is 0 Å². The van der Waals surface area contributed by atoms with Crippen LogP contribution in [0.3, 0.4) is 0 Å². The van der Waals surface area contributed by atoms with Gasteiger partial charge in [0.05, 0.1) is 6.54 Å². The van der Waals surface area contributed by atoms with Crippen LogP contribution in [0.25, 0.3) is 0 Å². The summed E-state index contributed by atoms with van der Waals surface area (Å²) >= 11 is 7.19. The first-order valence-electron chi connectivity index (χ1n) is 5.10. The Morgan fingerprint density at radius 1 is 1.41 bits per heavy atom. The summed E-state index contributed by atoms with van der Waals surface area (Å²) in [5.41, 5.74) is 1.69. The van der Waals surface area contributed by atoms with Gasteiger partial charge >= 0.3 is 0 Å².